The minimum absolute atomic E-state index is 0.00778. The van der Waals surface area contributed by atoms with Crippen LogP contribution in [-0.4, -0.2) is 41.8 Å². The smallest absolute Gasteiger partial charge is 0.404 e. The van der Waals surface area contributed by atoms with Gasteiger partial charge in [-0.2, -0.15) is 0 Å². The van der Waals surface area contributed by atoms with E-state index < -0.39 is 6.09 Å². The molecule has 8 heteroatoms. The molecule has 1 amide bonds. The fourth-order valence-corrected chi connectivity index (χ4v) is 2.78. The Morgan fingerprint density at radius 2 is 2.30 bits per heavy atom. The van der Waals surface area contributed by atoms with Gasteiger partial charge in [-0.15, -0.1) is 10.2 Å². The molecule has 0 bridgehead atoms. The summed E-state index contributed by atoms with van der Waals surface area (Å²) in [6.07, 6.45) is 4.04. The van der Waals surface area contributed by atoms with Gasteiger partial charge in [0.05, 0.1) is 11.7 Å². The first kappa shape index (κ1) is 11.2. The average molecular weight is 272 g/mol. The van der Waals surface area contributed by atoms with Gasteiger partial charge in [-0.3, -0.25) is 4.40 Å². The molecule has 0 unspecified atom stereocenters. The van der Waals surface area contributed by atoms with Crippen LogP contribution in [0.3, 0.4) is 0 Å². The summed E-state index contributed by atoms with van der Waals surface area (Å²) >= 11 is 0. The van der Waals surface area contributed by atoms with Crippen molar-refractivity contribution < 1.29 is 9.90 Å². The van der Waals surface area contributed by atoms with Crippen molar-refractivity contribution in [2.75, 3.05) is 0 Å². The molecule has 1 fully saturated rings. The van der Waals surface area contributed by atoms with Crippen molar-refractivity contribution in [3.05, 3.63) is 24.3 Å². The average Bonchev–Trinajstić information content (AvgIpc) is 2.98. The van der Waals surface area contributed by atoms with E-state index in [1.165, 1.54) is 0 Å². The van der Waals surface area contributed by atoms with Crippen molar-refractivity contribution in [2.24, 2.45) is 0 Å². The highest BCUT2D eigenvalue weighted by atomic mass is 16.4. The van der Waals surface area contributed by atoms with Crippen molar-refractivity contribution in [1.82, 2.24) is 29.9 Å². The number of amides is 1. The lowest BCUT2D eigenvalue weighted by molar-refractivity contribution is 0.177. The van der Waals surface area contributed by atoms with Crippen molar-refractivity contribution in [3.8, 4) is 0 Å². The summed E-state index contributed by atoms with van der Waals surface area (Å²) in [5.41, 5.74) is 2.44. The molecule has 4 rings (SSSR count). The summed E-state index contributed by atoms with van der Waals surface area (Å²) in [6, 6.07) is 1.95. The summed E-state index contributed by atoms with van der Waals surface area (Å²) in [4.78, 5) is 17.9. The van der Waals surface area contributed by atoms with E-state index in [0.29, 0.717) is 5.65 Å². The highest BCUT2D eigenvalue weighted by Gasteiger charge is 2.34. The van der Waals surface area contributed by atoms with Gasteiger partial charge in [0, 0.05) is 18.2 Å². The second-order valence-electron chi connectivity index (χ2n) is 5.04. The maximum absolute atomic E-state index is 10.6. The van der Waals surface area contributed by atoms with Gasteiger partial charge in [0.1, 0.15) is 5.82 Å². The lowest BCUT2D eigenvalue weighted by Gasteiger charge is -2.33. The molecule has 8 nitrogen and oxygen atoms in total. The molecule has 1 aliphatic carbocycles. The Morgan fingerprint density at radius 3 is 3.10 bits per heavy atom. The third kappa shape index (κ3) is 1.54. The minimum atomic E-state index is -0.975. The molecule has 20 heavy (non-hydrogen) atoms. The van der Waals surface area contributed by atoms with Crippen LogP contribution in [0.1, 0.15) is 24.6 Å². The minimum Gasteiger partial charge on any atom is -0.465 e. The lowest BCUT2D eigenvalue weighted by atomic mass is 9.80. The number of aromatic amines is 1. The van der Waals surface area contributed by atoms with E-state index in [2.05, 4.69) is 25.5 Å². The molecular weight excluding hydrogens is 260 g/mol. The molecule has 102 valence electrons. The molecule has 0 aromatic carbocycles. The molecular formula is C12H12N6O2. The van der Waals surface area contributed by atoms with Gasteiger partial charge in [-0.1, -0.05) is 0 Å². The third-order valence-corrected chi connectivity index (χ3v) is 3.80. The summed E-state index contributed by atoms with van der Waals surface area (Å²) in [5.74, 6) is 1.10. The zero-order chi connectivity index (χ0) is 13.7. The number of H-pyrrole nitrogens is 1. The molecule has 3 aromatic rings. The highest BCUT2D eigenvalue weighted by Crippen LogP contribution is 2.36. The fourth-order valence-electron chi connectivity index (χ4n) is 2.78. The molecule has 0 atom stereocenters. The maximum atomic E-state index is 10.6. The van der Waals surface area contributed by atoms with Crippen LogP contribution in [0.2, 0.25) is 0 Å². The monoisotopic (exact) mass is 272 g/mol. The normalized spacial score (nSPS) is 22.0. The van der Waals surface area contributed by atoms with Gasteiger partial charge in [0.2, 0.25) is 0 Å². The van der Waals surface area contributed by atoms with Crippen LogP contribution < -0.4 is 5.32 Å². The third-order valence-electron chi connectivity index (χ3n) is 3.80. The largest absolute Gasteiger partial charge is 0.465 e. The Hall–Kier alpha value is -2.64. The number of hydrogen-bond donors (Lipinski definition) is 3. The Labute approximate surface area is 112 Å². The second kappa shape index (κ2) is 3.92. The molecule has 3 aromatic heterocycles. The second-order valence-corrected chi connectivity index (χ2v) is 5.04. The number of nitrogens with one attached hydrogen (secondary N) is 2. The van der Waals surface area contributed by atoms with Crippen LogP contribution in [0.5, 0.6) is 0 Å². The number of aromatic nitrogens is 5. The van der Waals surface area contributed by atoms with Crippen LogP contribution >= 0.6 is 0 Å². The van der Waals surface area contributed by atoms with Gasteiger partial charge in [0.15, 0.2) is 11.3 Å². The van der Waals surface area contributed by atoms with Crippen LogP contribution in [0.15, 0.2) is 18.5 Å². The lowest BCUT2D eigenvalue weighted by Crippen LogP contribution is -2.43. The maximum Gasteiger partial charge on any atom is 0.404 e. The van der Waals surface area contributed by atoms with E-state index in [4.69, 9.17) is 5.11 Å². The van der Waals surface area contributed by atoms with Crippen molar-refractivity contribution >= 4 is 22.9 Å². The summed E-state index contributed by atoms with van der Waals surface area (Å²) in [6.45, 7) is 0. The number of hydrogen-bond acceptors (Lipinski definition) is 4. The summed E-state index contributed by atoms with van der Waals surface area (Å²) in [7, 11) is 0. The number of rotatable bonds is 2. The van der Waals surface area contributed by atoms with Gasteiger partial charge < -0.3 is 15.4 Å². The number of nitrogens with zero attached hydrogens (tertiary/aromatic N) is 4. The zero-order valence-corrected chi connectivity index (χ0v) is 10.4. The van der Waals surface area contributed by atoms with Gasteiger partial charge in [-0.25, -0.2) is 9.78 Å². The van der Waals surface area contributed by atoms with Crippen molar-refractivity contribution in [3.63, 3.8) is 0 Å². The molecule has 0 spiro atoms. The summed E-state index contributed by atoms with van der Waals surface area (Å²) in [5, 5.41) is 19.6. The Kier molecular flexibility index (Phi) is 2.20. The Morgan fingerprint density at radius 1 is 1.45 bits per heavy atom. The van der Waals surface area contributed by atoms with Crippen LogP contribution in [0.4, 0.5) is 4.79 Å². The molecule has 1 aliphatic rings. The molecule has 3 N–H and O–H groups in total. The summed E-state index contributed by atoms with van der Waals surface area (Å²) < 4.78 is 1.99. The first-order chi connectivity index (χ1) is 9.72. The quantitative estimate of drug-likeness (QED) is 0.647. The number of fused-ring (bicyclic) bond motifs is 3. The Balaban J connectivity index is 1.71. The number of carbonyl (C=O) groups is 1. The first-order valence-electron chi connectivity index (χ1n) is 6.39. The fraction of sp³-hybridized carbons (Fsp3) is 0.333. The van der Waals surface area contributed by atoms with E-state index in [-0.39, 0.29) is 12.0 Å². The predicted octanol–water partition coefficient (Wildman–Crippen LogP) is 1.12. The van der Waals surface area contributed by atoms with E-state index in [1.807, 2.05) is 16.7 Å². The van der Waals surface area contributed by atoms with E-state index in [0.717, 1.165) is 29.8 Å². The SMILES string of the molecule is O=C(O)N[C@H]1C[C@H](c2nnc3cnc4[nH]ccc4n32)C1. The predicted molar refractivity (Wildman–Crippen MR) is 69.6 cm³/mol. The van der Waals surface area contributed by atoms with Crippen LogP contribution in [-0.2, 0) is 0 Å². The van der Waals surface area contributed by atoms with Gasteiger partial charge >= 0.3 is 6.09 Å². The Bertz CT molecular complexity index is 801. The van der Waals surface area contributed by atoms with Crippen LogP contribution in [0, 0.1) is 0 Å². The molecule has 0 radical (unpaired) electrons. The van der Waals surface area contributed by atoms with Crippen molar-refractivity contribution in [2.45, 2.75) is 24.8 Å². The van der Waals surface area contributed by atoms with Crippen molar-refractivity contribution in [1.29, 1.82) is 0 Å². The van der Waals surface area contributed by atoms with Gasteiger partial charge in [-0.05, 0) is 18.9 Å². The van der Waals surface area contributed by atoms with E-state index in [9.17, 15) is 4.79 Å². The molecule has 3 heterocycles. The van der Waals surface area contributed by atoms with E-state index in [1.54, 1.807) is 6.20 Å². The number of carboxylic acid groups (broad SMARTS) is 1. The first-order valence-corrected chi connectivity index (χ1v) is 6.39. The topological polar surface area (TPSA) is 108 Å². The molecule has 1 saturated carbocycles. The zero-order valence-electron chi connectivity index (χ0n) is 10.4. The standard InChI is InChI=1S/C12H12N6O2/c19-12(20)15-7-3-6(4-7)11-17-16-9-5-14-10-8(18(9)11)1-2-13-10/h1-2,5-7,13,15H,3-4H2,(H,19,20)/t6-,7-. The highest BCUT2D eigenvalue weighted by molar-refractivity contribution is 5.74. The van der Waals surface area contributed by atoms with E-state index >= 15 is 0 Å². The van der Waals surface area contributed by atoms with Crippen LogP contribution in [0.25, 0.3) is 16.8 Å². The molecule has 0 saturated heterocycles. The van der Waals surface area contributed by atoms with Gasteiger partial charge in [0.25, 0.3) is 0 Å². The molecule has 0 aliphatic heterocycles.